The zero-order chi connectivity index (χ0) is 10.8. The molecular weight excluding hydrogens is 188 g/mol. The highest BCUT2D eigenvalue weighted by Crippen LogP contribution is 2.16. The molecule has 2 aromatic rings. The molecule has 3 heteroatoms. The Bertz CT molecular complexity index is 500. The van der Waals surface area contributed by atoms with Crippen LogP contribution in [0.25, 0.3) is 5.69 Å². The lowest BCUT2D eigenvalue weighted by atomic mass is 10.1. The molecule has 0 unspecified atom stereocenters. The van der Waals surface area contributed by atoms with Gasteiger partial charge in [0.2, 0.25) is 0 Å². The average Bonchev–Trinajstić information content (AvgIpc) is 2.70. The SMILES string of the molecule is Cc1cccc(-n2cc(C=O)cn2)c1C. The van der Waals surface area contributed by atoms with Crippen molar-refractivity contribution in [1.82, 2.24) is 9.78 Å². The van der Waals surface area contributed by atoms with Gasteiger partial charge in [0.25, 0.3) is 0 Å². The number of carbonyl (C=O) groups excluding carboxylic acids is 1. The van der Waals surface area contributed by atoms with Crippen LogP contribution < -0.4 is 0 Å². The maximum Gasteiger partial charge on any atom is 0.153 e. The molecule has 0 bridgehead atoms. The van der Waals surface area contributed by atoms with E-state index in [-0.39, 0.29) is 0 Å². The van der Waals surface area contributed by atoms with E-state index in [1.54, 1.807) is 17.1 Å². The Balaban J connectivity index is 2.53. The first-order valence-electron chi connectivity index (χ1n) is 4.79. The van der Waals surface area contributed by atoms with Gasteiger partial charge in [0.05, 0.1) is 17.4 Å². The van der Waals surface area contributed by atoms with Crippen LogP contribution in [-0.2, 0) is 0 Å². The van der Waals surface area contributed by atoms with Gasteiger partial charge in [-0.25, -0.2) is 4.68 Å². The van der Waals surface area contributed by atoms with Crippen LogP contribution in [0.3, 0.4) is 0 Å². The molecule has 15 heavy (non-hydrogen) atoms. The zero-order valence-electron chi connectivity index (χ0n) is 8.77. The molecule has 0 amide bonds. The number of carbonyl (C=O) groups is 1. The van der Waals surface area contributed by atoms with Crippen molar-refractivity contribution in [3.05, 3.63) is 47.3 Å². The smallest absolute Gasteiger partial charge is 0.153 e. The molecule has 3 nitrogen and oxygen atoms in total. The van der Waals surface area contributed by atoms with Gasteiger partial charge < -0.3 is 0 Å². The molecule has 1 aromatic carbocycles. The Labute approximate surface area is 88.4 Å². The molecule has 0 saturated carbocycles. The van der Waals surface area contributed by atoms with Crippen LogP contribution in [0, 0.1) is 13.8 Å². The van der Waals surface area contributed by atoms with Crippen LogP contribution in [0.2, 0.25) is 0 Å². The third-order valence-electron chi connectivity index (χ3n) is 2.56. The Morgan fingerprint density at radius 3 is 2.80 bits per heavy atom. The summed E-state index contributed by atoms with van der Waals surface area (Å²) < 4.78 is 1.73. The largest absolute Gasteiger partial charge is 0.298 e. The third kappa shape index (κ3) is 1.68. The Morgan fingerprint density at radius 2 is 2.13 bits per heavy atom. The summed E-state index contributed by atoms with van der Waals surface area (Å²) in [5.74, 6) is 0. The topological polar surface area (TPSA) is 34.9 Å². The lowest BCUT2D eigenvalue weighted by Gasteiger charge is -2.07. The molecule has 0 N–H and O–H groups in total. The van der Waals surface area contributed by atoms with Gasteiger partial charge in [0, 0.05) is 6.20 Å². The number of benzene rings is 1. The van der Waals surface area contributed by atoms with E-state index in [2.05, 4.69) is 18.1 Å². The molecule has 2 rings (SSSR count). The quantitative estimate of drug-likeness (QED) is 0.697. The number of aldehydes is 1. The van der Waals surface area contributed by atoms with Gasteiger partial charge in [-0.05, 0) is 31.0 Å². The van der Waals surface area contributed by atoms with Crippen molar-refractivity contribution in [2.75, 3.05) is 0 Å². The third-order valence-corrected chi connectivity index (χ3v) is 2.56. The number of rotatable bonds is 2. The Morgan fingerprint density at radius 1 is 1.33 bits per heavy atom. The summed E-state index contributed by atoms with van der Waals surface area (Å²) >= 11 is 0. The maximum atomic E-state index is 10.5. The van der Waals surface area contributed by atoms with Crippen molar-refractivity contribution < 1.29 is 4.79 Å². The Kier molecular flexibility index (Phi) is 2.37. The van der Waals surface area contributed by atoms with Crippen LogP contribution in [0.15, 0.2) is 30.6 Å². The van der Waals surface area contributed by atoms with Crippen molar-refractivity contribution >= 4 is 6.29 Å². The van der Waals surface area contributed by atoms with Gasteiger partial charge in [-0.2, -0.15) is 5.10 Å². The lowest BCUT2D eigenvalue weighted by molar-refractivity contribution is 0.112. The van der Waals surface area contributed by atoms with Gasteiger partial charge in [-0.1, -0.05) is 12.1 Å². The molecular formula is C12H12N2O. The first kappa shape index (κ1) is 9.65. The van der Waals surface area contributed by atoms with Crippen LogP contribution in [-0.4, -0.2) is 16.1 Å². The van der Waals surface area contributed by atoms with E-state index in [0.717, 1.165) is 12.0 Å². The summed E-state index contributed by atoms with van der Waals surface area (Å²) in [6.45, 7) is 4.11. The highest BCUT2D eigenvalue weighted by atomic mass is 16.1. The van der Waals surface area contributed by atoms with E-state index in [9.17, 15) is 4.79 Å². The molecule has 0 aliphatic heterocycles. The minimum absolute atomic E-state index is 0.593. The number of hydrogen-bond donors (Lipinski definition) is 0. The predicted molar refractivity (Wildman–Crippen MR) is 58.4 cm³/mol. The fourth-order valence-corrected chi connectivity index (χ4v) is 1.51. The molecule has 1 heterocycles. The second-order valence-electron chi connectivity index (χ2n) is 3.56. The fraction of sp³-hybridized carbons (Fsp3) is 0.167. The minimum Gasteiger partial charge on any atom is -0.298 e. The van der Waals surface area contributed by atoms with Gasteiger partial charge in [0.15, 0.2) is 6.29 Å². The van der Waals surface area contributed by atoms with Crippen molar-refractivity contribution in [2.45, 2.75) is 13.8 Å². The molecule has 0 radical (unpaired) electrons. The molecule has 1 aromatic heterocycles. The molecule has 0 fully saturated rings. The highest BCUT2D eigenvalue weighted by Gasteiger charge is 2.04. The second kappa shape index (κ2) is 3.69. The second-order valence-corrected chi connectivity index (χ2v) is 3.56. The maximum absolute atomic E-state index is 10.5. The van der Waals surface area contributed by atoms with Crippen LogP contribution in [0.5, 0.6) is 0 Å². The lowest BCUT2D eigenvalue weighted by Crippen LogP contribution is -1.98. The van der Waals surface area contributed by atoms with Crippen molar-refractivity contribution in [2.24, 2.45) is 0 Å². The van der Waals surface area contributed by atoms with E-state index < -0.39 is 0 Å². The summed E-state index contributed by atoms with van der Waals surface area (Å²) in [5.41, 5.74) is 4.01. The molecule has 0 aliphatic carbocycles. The molecule has 76 valence electrons. The van der Waals surface area contributed by atoms with Crippen LogP contribution in [0.4, 0.5) is 0 Å². The van der Waals surface area contributed by atoms with Gasteiger partial charge in [-0.3, -0.25) is 4.79 Å². The molecule has 0 aliphatic rings. The Hall–Kier alpha value is -1.90. The zero-order valence-corrected chi connectivity index (χ0v) is 8.77. The number of hydrogen-bond acceptors (Lipinski definition) is 2. The summed E-state index contributed by atoms with van der Waals surface area (Å²) in [5, 5.41) is 4.14. The van der Waals surface area contributed by atoms with Gasteiger partial charge in [0.1, 0.15) is 0 Å². The first-order valence-corrected chi connectivity index (χ1v) is 4.79. The molecule has 0 atom stereocenters. The standard InChI is InChI=1S/C12H12N2O/c1-9-4-3-5-12(10(9)2)14-7-11(8-15)6-13-14/h3-8H,1-2H3. The minimum atomic E-state index is 0.593. The summed E-state index contributed by atoms with van der Waals surface area (Å²) in [6.07, 6.45) is 4.10. The highest BCUT2D eigenvalue weighted by molar-refractivity contribution is 5.73. The molecule has 0 spiro atoms. The summed E-state index contributed by atoms with van der Waals surface area (Å²) in [7, 11) is 0. The number of nitrogens with zero attached hydrogens (tertiary/aromatic N) is 2. The van der Waals surface area contributed by atoms with Gasteiger partial charge in [-0.15, -0.1) is 0 Å². The molecule has 0 saturated heterocycles. The van der Waals surface area contributed by atoms with Crippen molar-refractivity contribution in [1.29, 1.82) is 0 Å². The number of aromatic nitrogens is 2. The van der Waals surface area contributed by atoms with Gasteiger partial charge >= 0.3 is 0 Å². The van der Waals surface area contributed by atoms with E-state index in [4.69, 9.17) is 0 Å². The van der Waals surface area contributed by atoms with Crippen LogP contribution >= 0.6 is 0 Å². The fourth-order valence-electron chi connectivity index (χ4n) is 1.51. The monoisotopic (exact) mass is 200 g/mol. The predicted octanol–water partition coefficient (Wildman–Crippen LogP) is 2.30. The summed E-state index contributed by atoms with van der Waals surface area (Å²) in [4.78, 5) is 10.5. The van der Waals surface area contributed by atoms with E-state index in [1.807, 2.05) is 19.1 Å². The van der Waals surface area contributed by atoms with E-state index >= 15 is 0 Å². The average molecular weight is 200 g/mol. The first-order chi connectivity index (χ1) is 7.22. The normalized spacial score (nSPS) is 10.3. The van der Waals surface area contributed by atoms with Crippen molar-refractivity contribution in [3.8, 4) is 5.69 Å². The summed E-state index contributed by atoms with van der Waals surface area (Å²) in [6, 6.07) is 6.03. The van der Waals surface area contributed by atoms with E-state index in [1.165, 1.54) is 11.1 Å². The van der Waals surface area contributed by atoms with E-state index in [0.29, 0.717) is 5.56 Å². The number of aryl methyl sites for hydroxylation is 1. The van der Waals surface area contributed by atoms with Crippen molar-refractivity contribution in [3.63, 3.8) is 0 Å². The van der Waals surface area contributed by atoms with Crippen LogP contribution in [0.1, 0.15) is 21.5 Å².